The smallest absolute Gasteiger partial charge is 0.320 e. The molecule has 0 saturated heterocycles. The van der Waals surface area contributed by atoms with Crippen molar-refractivity contribution in [1.82, 2.24) is 4.90 Å². The Kier molecular flexibility index (Phi) is 9.60. The van der Waals surface area contributed by atoms with E-state index < -0.39 is 18.0 Å². The van der Waals surface area contributed by atoms with Gasteiger partial charge in [0.25, 0.3) is 0 Å². The third-order valence-corrected chi connectivity index (χ3v) is 2.17. The van der Waals surface area contributed by atoms with Crippen LogP contribution in [0.4, 0.5) is 0 Å². The first-order valence-corrected chi connectivity index (χ1v) is 5.47. The van der Waals surface area contributed by atoms with Crippen LogP contribution in [0.1, 0.15) is 27.2 Å². The summed E-state index contributed by atoms with van der Waals surface area (Å²) in [5, 5.41) is 16.6. The van der Waals surface area contributed by atoms with Gasteiger partial charge in [-0.2, -0.15) is 0 Å². The minimum Gasteiger partial charge on any atom is -0.480 e. The monoisotopic (exact) mass is 248 g/mol. The molecule has 4 N–H and O–H groups in total. The van der Waals surface area contributed by atoms with Crippen LogP contribution in [0.25, 0.3) is 0 Å². The molecular formula is C11H24N2O4. The van der Waals surface area contributed by atoms with Gasteiger partial charge in [-0.05, 0) is 33.4 Å². The Hall–Kier alpha value is -1.14. The van der Waals surface area contributed by atoms with E-state index in [1.807, 2.05) is 13.8 Å². The van der Waals surface area contributed by atoms with Crippen LogP contribution in [0.2, 0.25) is 0 Å². The molecule has 0 aromatic rings. The summed E-state index contributed by atoms with van der Waals surface area (Å²) >= 11 is 0. The molecule has 0 rings (SSSR count). The Bertz CT molecular complexity index is 242. The van der Waals surface area contributed by atoms with E-state index in [2.05, 4.69) is 0 Å². The first-order valence-electron chi connectivity index (χ1n) is 5.47. The van der Waals surface area contributed by atoms with Gasteiger partial charge in [0, 0.05) is 0 Å². The SMILES string of the molecule is CC(C(=O)O)N(C)C.CC(C)CC(N)C(=O)O. The molecule has 0 heterocycles. The fourth-order valence-corrected chi connectivity index (χ4v) is 0.830. The maximum atomic E-state index is 10.1. The summed E-state index contributed by atoms with van der Waals surface area (Å²) in [6.07, 6.45) is 0.551. The normalized spacial score (nSPS) is 13.9. The zero-order valence-corrected chi connectivity index (χ0v) is 11.2. The highest BCUT2D eigenvalue weighted by Gasteiger charge is 2.12. The average Bonchev–Trinajstić information content (AvgIpc) is 2.15. The Balaban J connectivity index is 0. The van der Waals surface area contributed by atoms with Gasteiger partial charge in [-0.1, -0.05) is 13.8 Å². The van der Waals surface area contributed by atoms with Crippen LogP contribution in [0.5, 0.6) is 0 Å². The number of carbonyl (C=O) groups is 2. The lowest BCUT2D eigenvalue weighted by Crippen LogP contribution is -2.32. The summed E-state index contributed by atoms with van der Waals surface area (Å²) in [6, 6.07) is -1.07. The van der Waals surface area contributed by atoms with Gasteiger partial charge >= 0.3 is 11.9 Å². The van der Waals surface area contributed by atoms with E-state index in [0.29, 0.717) is 12.3 Å². The Morgan fingerprint density at radius 3 is 1.59 bits per heavy atom. The van der Waals surface area contributed by atoms with Crippen molar-refractivity contribution in [3.63, 3.8) is 0 Å². The lowest BCUT2D eigenvalue weighted by Gasteiger charge is -2.13. The predicted molar refractivity (Wildman–Crippen MR) is 65.9 cm³/mol. The predicted octanol–water partition coefficient (Wildman–Crippen LogP) is 0.466. The van der Waals surface area contributed by atoms with Crippen molar-refractivity contribution in [1.29, 1.82) is 0 Å². The van der Waals surface area contributed by atoms with E-state index in [0.717, 1.165) is 0 Å². The van der Waals surface area contributed by atoms with Crippen molar-refractivity contribution in [3.8, 4) is 0 Å². The van der Waals surface area contributed by atoms with E-state index in [9.17, 15) is 9.59 Å². The Morgan fingerprint density at radius 2 is 1.53 bits per heavy atom. The second-order valence-corrected chi connectivity index (χ2v) is 4.55. The van der Waals surface area contributed by atoms with Gasteiger partial charge in [0.05, 0.1) is 0 Å². The fourth-order valence-electron chi connectivity index (χ4n) is 0.830. The van der Waals surface area contributed by atoms with Gasteiger partial charge < -0.3 is 15.9 Å². The summed E-state index contributed by atoms with van der Waals surface area (Å²) in [6.45, 7) is 5.54. The lowest BCUT2D eigenvalue weighted by molar-refractivity contribution is -0.141. The molecule has 6 heteroatoms. The molecular weight excluding hydrogens is 224 g/mol. The Labute approximate surface area is 102 Å². The molecule has 0 aromatic carbocycles. The number of likely N-dealkylation sites (N-methyl/N-ethyl adjacent to an activating group) is 1. The van der Waals surface area contributed by atoms with Crippen molar-refractivity contribution in [3.05, 3.63) is 0 Å². The van der Waals surface area contributed by atoms with E-state index >= 15 is 0 Å². The number of carboxylic acids is 2. The number of nitrogens with two attached hydrogens (primary N) is 1. The maximum Gasteiger partial charge on any atom is 0.320 e. The van der Waals surface area contributed by atoms with Crippen LogP contribution < -0.4 is 5.73 Å². The second kappa shape index (κ2) is 8.95. The molecule has 102 valence electrons. The molecule has 0 fully saturated rings. The highest BCUT2D eigenvalue weighted by atomic mass is 16.4. The van der Waals surface area contributed by atoms with Crippen molar-refractivity contribution in [2.24, 2.45) is 11.7 Å². The van der Waals surface area contributed by atoms with Crippen LogP contribution in [0.3, 0.4) is 0 Å². The van der Waals surface area contributed by atoms with Crippen LogP contribution in [0.15, 0.2) is 0 Å². The van der Waals surface area contributed by atoms with Crippen LogP contribution in [-0.2, 0) is 9.59 Å². The fraction of sp³-hybridized carbons (Fsp3) is 0.818. The third kappa shape index (κ3) is 11.1. The van der Waals surface area contributed by atoms with Gasteiger partial charge in [0.1, 0.15) is 12.1 Å². The molecule has 0 aliphatic rings. The molecule has 0 radical (unpaired) electrons. The van der Waals surface area contributed by atoms with Crippen LogP contribution >= 0.6 is 0 Å². The molecule has 0 spiro atoms. The van der Waals surface area contributed by atoms with Gasteiger partial charge in [-0.3, -0.25) is 14.5 Å². The topological polar surface area (TPSA) is 104 Å². The molecule has 6 nitrogen and oxygen atoms in total. The maximum absolute atomic E-state index is 10.1. The quantitative estimate of drug-likeness (QED) is 0.653. The number of rotatable bonds is 5. The summed E-state index contributed by atoms with van der Waals surface area (Å²) in [7, 11) is 3.47. The van der Waals surface area contributed by atoms with Crippen LogP contribution in [-0.4, -0.2) is 53.2 Å². The summed E-state index contributed by atoms with van der Waals surface area (Å²) in [5.74, 6) is -1.34. The van der Waals surface area contributed by atoms with Crippen molar-refractivity contribution in [2.75, 3.05) is 14.1 Å². The number of hydrogen-bond acceptors (Lipinski definition) is 4. The summed E-state index contributed by atoms with van der Waals surface area (Å²) in [4.78, 5) is 21.9. The van der Waals surface area contributed by atoms with Gasteiger partial charge in [0.15, 0.2) is 0 Å². The summed E-state index contributed by atoms with van der Waals surface area (Å²) in [5.41, 5.74) is 5.22. The largest absolute Gasteiger partial charge is 0.480 e. The zero-order valence-electron chi connectivity index (χ0n) is 11.2. The number of hydrogen-bond donors (Lipinski definition) is 3. The van der Waals surface area contributed by atoms with Gasteiger partial charge in [-0.15, -0.1) is 0 Å². The molecule has 0 aliphatic carbocycles. The highest BCUT2D eigenvalue weighted by Crippen LogP contribution is 2.01. The van der Waals surface area contributed by atoms with E-state index in [4.69, 9.17) is 15.9 Å². The first kappa shape index (κ1) is 18.2. The molecule has 0 amide bonds. The first-order chi connectivity index (χ1) is 7.59. The minimum atomic E-state index is -0.913. The number of carboxylic acid groups (broad SMARTS) is 2. The van der Waals surface area contributed by atoms with Crippen molar-refractivity contribution in [2.45, 2.75) is 39.3 Å². The average molecular weight is 248 g/mol. The van der Waals surface area contributed by atoms with Crippen LogP contribution in [0, 0.1) is 5.92 Å². The molecule has 0 aromatic heterocycles. The molecule has 17 heavy (non-hydrogen) atoms. The Morgan fingerprint density at radius 1 is 1.12 bits per heavy atom. The number of aliphatic carboxylic acids is 2. The lowest BCUT2D eigenvalue weighted by atomic mass is 10.1. The second-order valence-electron chi connectivity index (χ2n) is 4.55. The zero-order chi connectivity index (χ0) is 14.2. The van der Waals surface area contributed by atoms with E-state index in [1.54, 1.807) is 25.9 Å². The molecule has 2 atom stereocenters. The molecule has 0 saturated carbocycles. The number of nitrogens with zero attached hydrogens (tertiary/aromatic N) is 1. The third-order valence-electron chi connectivity index (χ3n) is 2.17. The van der Waals surface area contributed by atoms with Crippen molar-refractivity contribution >= 4 is 11.9 Å². The molecule has 2 unspecified atom stereocenters. The molecule has 0 bridgehead atoms. The van der Waals surface area contributed by atoms with Gasteiger partial charge in [0.2, 0.25) is 0 Å². The minimum absolute atomic E-state index is 0.357. The van der Waals surface area contributed by atoms with E-state index in [1.165, 1.54) is 0 Å². The standard InChI is InChI=1S/C6H13NO2.C5H11NO2/c1-4(2)3-5(7)6(8)9;1-4(5(7)8)6(2)3/h4-5H,3,7H2,1-2H3,(H,8,9);4H,1-3H3,(H,7,8). The van der Waals surface area contributed by atoms with Gasteiger partial charge in [-0.25, -0.2) is 0 Å². The summed E-state index contributed by atoms with van der Waals surface area (Å²) < 4.78 is 0. The molecule has 0 aliphatic heterocycles. The van der Waals surface area contributed by atoms with Crippen molar-refractivity contribution < 1.29 is 19.8 Å². The highest BCUT2D eigenvalue weighted by molar-refractivity contribution is 5.73. The van der Waals surface area contributed by atoms with E-state index in [-0.39, 0.29) is 6.04 Å².